The highest BCUT2D eigenvalue weighted by Crippen LogP contribution is 2.60. The Bertz CT molecular complexity index is 443. The highest BCUT2D eigenvalue weighted by molar-refractivity contribution is 5.83. The Balaban J connectivity index is 1.67. The molecule has 0 bridgehead atoms. The third kappa shape index (κ3) is 2.93. The number of carbonyl (C=O) groups is 1. The van der Waals surface area contributed by atoms with E-state index in [-0.39, 0.29) is 11.3 Å². The van der Waals surface area contributed by atoms with Crippen LogP contribution in [0.25, 0.3) is 0 Å². The fraction of sp³-hybridized carbons (Fsp3) is 0.947. The topological polar surface area (TPSA) is 41.6 Å². The average molecular weight is 322 g/mol. The van der Waals surface area contributed by atoms with Crippen LogP contribution in [0.15, 0.2) is 0 Å². The van der Waals surface area contributed by atoms with Gasteiger partial charge < -0.3 is 15.0 Å². The minimum Gasteiger partial charge on any atom is -0.378 e. The van der Waals surface area contributed by atoms with Gasteiger partial charge in [0.25, 0.3) is 0 Å². The second-order valence-corrected chi connectivity index (χ2v) is 8.42. The molecule has 3 atom stereocenters. The molecule has 23 heavy (non-hydrogen) atoms. The fourth-order valence-corrected chi connectivity index (χ4v) is 4.91. The van der Waals surface area contributed by atoms with E-state index in [0.717, 1.165) is 45.5 Å². The summed E-state index contributed by atoms with van der Waals surface area (Å²) in [5.41, 5.74) is 0.415. The summed E-state index contributed by atoms with van der Waals surface area (Å²) < 4.78 is 5.87. The van der Waals surface area contributed by atoms with Crippen LogP contribution in [0.3, 0.4) is 0 Å². The maximum atomic E-state index is 13.2. The van der Waals surface area contributed by atoms with E-state index in [2.05, 4.69) is 37.9 Å². The molecule has 1 N–H and O–H groups in total. The van der Waals surface area contributed by atoms with Crippen molar-refractivity contribution in [2.45, 2.75) is 71.9 Å². The number of nitrogens with zero attached hydrogens (tertiary/aromatic N) is 1. The second-order valence-electron chi connectivity index (χ2n) is 8.42. The van der Waals surface area contributed by atoms with Crippen LogP contribution in [0.4, 0.5) is 0 Å². The minimum atomic E-state index is 0.0804. The minimum absolute atomic E-state index is 0.0804. The monoisotopic (exact) mass is 322 g/mol. The van der Waals surface area contributed by atoms with Crippen molar-refractivity contribution >= 4 is 5.91 Å². The average Bonchev–Trinajstić information content (AvgIpc) is 3.22. The van der Waals surface area contributed by atoms with Gasteiger partial charge in [-0.2, -0.15) is 0 Å². The van der Waals surface area contributed by atoms with E-state index in [1.165, 1.54) is 12.8 Å². The summed E-state index contributed by atoms with van der Waals surface area (Å²) in [5, 5.41) is 3.43. The molecule has 0 radical (unpaired) electrons. The highest BCUT2D eigenvalue weighted by atomic mass is 16.5. The number of piperidine rings is 1. The van der Waals surface area contributed by atoms with Gasteiger partial charge in [0, 0.05) is 30.5 Å². The molecule has 132 valence electrons. The first-order valence-electron chi connectivity index (χ1n) is 9.59. The normalized spacial score (nSPS) is 34.0. The number of amides is 1. The van der Waals surface area contributed by atoms with Crippen molar-refractivity contribution in [1.82, 2.24) is 10.2 Å². The Morgan fingerprint density at radius 1 is 1.26 bits per heavy atom. The smallest absolute Gasteiger partial charge is 0.226 e. The number of ether oxygens (including phenoxy) is 1. The molecule has 1 spiro atoms. The Kier molecular flexibility index (Phi) is 4.76. The number of nitrogens with one attached hydrogen (secondary N) is 1. The van der Waals surface area contributed by atoms with Gasteiger partial charge in [0.1, 0.15) is 0 Å². The van der Waals surface area contributed by atoms with Gasteiger partial charge >= 0.3 is 0 Å². The van der Waals surface area contributed by atoms with Crippen molar-refractivity contribution in [1.29, 1.82) is 0 Å². The Morgan fingerprint density at radius 3 is 2.52 bits per heavy atom. The molecule has 3 aliphatic rings. The zero-order valence-corrected chi connectivity index (χ0v) is 15.4. The van der Waals surface area contributed by atoms with E-state index >= 15 is 0 Å². The van der Waals surface area contributed by atoms with E-state index in [9.17, 15) is 4.79 Å². The third-order valence-electron chi connectivity index (χ3n) is 6.70. The van der Waals surface area contributed by atoms with Crippen molar-refractivity contribution in [3.63, 3.8) is 0 Å². The molecule has 1 saturated heterocycles. The molecule has 3 rings (SSSR count). The van der Waals surface area contributed by atoms with E-state index in [1.807, 2.05) is 0 Å². The zero-order chi connectivity index (χ0) is 16.7. The lowest BCUT2D eigenvalue weighted by Gasteiger charge is -2.56. The first kappa shape index (κ1) is 17.2. The molecular weight excluding hydrogens is 288 g/mol. The van der Waals surface area contributed by atoms with E-state index in [1.54, 1.807) is 0 Å². The molecule has 4 nitrogen and oxygen atoms in total. The summed E-state index contributed by atoms with van der Waals surface area (Å²) in [6.45, 7) is 12.6. The number of rotatable bonds is 6. The quantitative estimate of drug-likeness (QED) is 0.817. The molecule has 1 aliphatic heterocycles. The molecule has 2 saturated carbocycles. The van der Waals surface area contributed by atoms with E-state index in [0.29, 0.717) is 23.5 Å². The Morgan fingerprint density at radius 2 is 1.96 bits per heavy atom. The predicted octanol–water partition coefficient (Wildman–Crippen LogP) is 2.82. The van der Waals surface area contributed by atoms with Crippen molar-refractivity contribution in [2.24, 2.45) is 16.7 Å². The molecule has 1 heterocycles. The zero-order valence-electron chi connectivity index (χ0n) is 15.4. The summed E-state index contributed by atoms with van der Waals surface area (Å²) >= 11 is 0. The molecule has 2 aliphatic carbocycles. The van der Waals surface area contributed by atoms with Crippen molar-refractivity contribution < 1.29 is 9.53 Å². The maximum Gasteiger partial charge on any atom is 0.226 e. The molecule has 3 unspecified atom stereocenters. The van der Waals surface area contributed by atoms with Crippen LogP contribution in [-0.4, -0.2) is 49.2 Å². The second kappa shape index (κ2) is 6.36. The van der Waals surface area contributed by atoms with Crippen LogP contribution in [0.5, 0.6) is 0 Å². The molecule has 4 heteroatoms. The number of carbonyl (C=O) groups excluding carboxylic acids is 1. The third-order valence-corrected chi connectivity index (χ3v) is 6.70. The summed E-state index contributed by atoms with van der Waals surface area (Å²) in [5.74, 6) is 0.722. The van der Waals surface area contributed by atoms with Crippen molar-refractivity contribution in [3.8, 4) is 0 Å². The van der Waals surface area contributed by atoms with E-state index in [4.69, 9.17) is 4.74 Å². The van der Waals surface area contributed by atoms with Crippen LogP contribution in [0.1, 0.15) is 59.8 Å². The summed E-state index contributed by atoms with van der Waals surface area (Å²) in [6.07, 6.45) is 5.83. The van der Waals surface area contributed by atoms with Crippen LogP contribution in [0, 0.1) is 16.7 Å². The van der Waals surface area contributed by atoms with Gasteiger partial charge in [-0.1, -0.05) is 20.8 Å². The van der Waals surface area contributed by atoms with Gasteiger partial charge in [-0.05, 0) is 57.5 Å². The van der Waals surface area contributed by atoms with Gasteiger partial charge in [-0.15, -0.1) is 0 Å². The molecular formula is C19H34N2O2. The van der Waals surface area contributed by atoms with E-state index < -0.39 is 0 Å². The lowest BCUT2D eigenvalue weighted by Crippen LogP contribution is -2.63. The number of hydrogen-bond donors (Lipinski definition) is 1. The van der Waals surface area contributed by atoms with Crippen LogP contribution >= 0.6 is 0 Å². The summed E-state index contributed by atoms with van der Waals surface area (Å²) in [6, 6.07) is 0.353. The molecule has 0 aromatic heterocycles. The van der Waals surface area contributed by atoms with Crippen molar-refractivity contribution in [2.75, 3.05) is 26.2 Å². The first-order chi connectivity index (χ1) is 11.0. The van der Waals surface area contributed by atoms with Gasteiger partial charge in [-0.3, -0.25) is 4.79 Å². The molecule has 1 amide bonds. The summed E-state index contributed by atoms with van der Waals surface area (Å²) in [4.78, 5) is 15.4. The lowest BCUT2D eigenvalue weighted by molar-refractivity contribution is -0.169. The van der Waals surface area contributed by atoms with Crippen LogP contribution in [-0.2, 0) is 9.53 Å². The molecule has 3 fully saturated rings. The van der Waals surface area contributed by atoms with Gasteiger partial charge in [-0.25, -0.2) is 0 Å². The predicted molar refractivity (Wildman–Crippen MR) is 92.2 cm³/mol. The Hall–Kier alpha value is -0.610. The van der Waals surface area contributed by atoms with Crippen LogP contribution < -0.4 is 5.32 Å². The fourth-order valence-electron chi connectivity index (χ4n) is 4.91. The summed E-state index contributed by atoms with van der Waals surface area (Å²) in [7, 11) is 0. The van der Waals surface area contributed by atoms with Gasteiger partial charge in [0.2, 0.25) is 5.91 Å². The maximum absolute atomic E-state index is 13.2. The molecule has 0 aromatic carbocycles. The SMILES string of the molecule is CCCN(C(=O)C1CC12CCNCC2)C1CC(OCC)C1(C)C. The first-order valence-corrected chi connectivity index (χ1v) is 9.59. The van der Waals surface area contributed by atoms with Crippen molar-refractivity contribution in [3.05, 3.63) is 0 Å². The largest absolute Gasteiger partial charge is 0.378 e. The standard InChI is InChI=1S/C19H34N2O2/c1-5-11-21(15-12-16(23-6-2)18(15,3)4)17(22)14-13-19(14)7-9-20-10-8-19/h14-16,20H,5-13H2,1-4H3. The van der Waals surface area contributed by atoms with Gasteiger partial charge in [0.05, 0.1) is 6.10 Å². The Labute approximate surface area is 141 Å². The molecule has 0 aromatic rings. The highest BCUT2D eigenvalue weighted by Gasteiger charge is 2.61. The van der Waals surface area contributed by atoms with Crippen LogP contribution in [0.2, 0.25) is 0 Å². The lowest BCUT2D eigenvalue weighted by atomic mass is 9.63. The number of hydrogen-bond acceptors (Lipinski definition) is 3. The van der Waals surface area contributed by atoms with Gasteiger partial charge in [0.15, 0.2) is 0 Å².